The summed E-state index contributed by atoms with van der Waals surface area (Å²) in [7, 11) is 1.55. The fraction of sp³-hybridized carbons (Fsp3) is 0.385. The molecular formula is C13H16N4O3. The maximum Gasteiger partial charge on any atom is 0.259 e. The van der Waals surface area contributed by atoms with Crippen molar-refractivity contribution in [2.75, 3.05) is 13.7 Å². The lowest BCUT2D eigenvalue weighted by atomic mass is 10.0. The molecule has 0 aromatic carbocycles. The normalized spacial score (nSPS) is 17.4. The quantitative estimate of drug-likeness (QED) is 0.669. The van der Waals surface area contributed by atoms with Gasteiger partial charge in [0.1, 0.15) is 5.70 Å². The van der Waals surface area contributed by atoms with E-state index in [9.17, 15) is 10.1 Å². The number of ether oxygens (including phenoxy) is 1. The highest BCUT2D eigenvalue weighted by atomic mass is 16.6. The largest absolute Gasteiger partial charge is 0.481 e. The second-order valence-corrected chi connectivity index (χ2v) is 4.51. The molecule has 1 aliphatic heterocycles. The number of nitrogens with one attached hydrogen (secondary N) is 1. The van der Waals surface area contributed by atoms with Gasteiger partial charge in [0.25, 0.3) is 6.20 Å². The monoisotopic (exact) mass is 276 g/mol. The highest BCUT2D eigenvalue weighted by molar-refractivity contribution is 5.97. The van der Waals surface area contributed by atoms with E-state index in [1.807, 2.05) is 11.0 Å². The van der Waals surface area contributed by atoms with Gasteiger partial charge in [-0.15, -0.1) is 0 Å². The number of allylic oxidation sites excluding steroid dienone is 1. The summed E-state index contributed by atoms with van der Waals surface area (Å²) in [5.41, 5.74) is 1.63. The molecule has 1 aromatic heterocycles. The van der Waals surface area contributed by atoms with Gasteiger partial charge in [-0.2, -0.15) is 0 Å². The van der Waals surface area contributed by atoms with Crippen LogP contribution in [0.5, 0.6) is 5.88 Å². The van der Waals surface area contributed by atoms with Crippen molar-refractivity contribution in [3.8, 4) is 5.88 Å². The number of rotatable bonds is 4. The van der Waals surface area contributed by atoms with Gasteiger partial charge in [0, 0.05) is 25.4 Å². The molecule has 2 rings (SSSR count). The van der Waals surface area contributed by atoms with Gasteiger partial charge in [-0.05, 0) is 18.4 Å². The van der Waals surface area contributed by atoms with Gasteiger partial charge in [0.05, 0.1) is 17.7 Å². The van der Waals surface area contributed by atoms with Crippen LogP contribution in [0.15, 0.2) is 30.2 Å². The van der Waals surface area contributed by atoms with E-state index >= 15 is 0 Å². The van der Waals surface area contributed by atoms with Crippen molar-refractivity contribution >= 4 is 5.71 Å². The zero-order valence-corrected chi connectivity index (χ0v) is 11.2. The standard InChI is InChI=1S/C13H16N4O3/c1-20-13-5-4-10(7-15-13)8-16-6-2-3-11(14)12(16)9-17(18)19/h4-5,7,9,14H,2-3,6,8H2,1H3. The average molecular weight is 276 g/mol. The van der Waals surface area contributed by atoms with E-state index in [4.69, 9.17) is 10.1 Å². The summed E-state index contributed by atoms with van der Waals surface area (Å²) < 4.78 is 4.99. The van der Waals surface area contributed by atoms with Gasteiger partial charge in [-0.3, -0.25) is 10.1 Å². The summed E-state index contributed by atoms with van der Waals surface area (Å²) >= 11 is 0. The summed E-state index contributed by atoms with van der Waals surface area (Å²) in [6, 6.07) is 3.62. The van der Waals surface area contributed by atoms with Gasteiger partial charge >= 0.3 is 0 Å². The second-order valence-electron chi connectivity index (χ2n) is 4.51. The summed E-state index contributed by atoms with van der Waals surface area (Å²) in [4.78, 5) is 16.1. The van der Waals surface area contributed by atoms with Crippen molar-refractivity contribution in [1.82, 2.24) is 9.88 Å². The predicted molar refractivity (Wildman–Crippen MR) is 73.2 cm³/mol. The van der Waals surface area contributed by atoms with Crippen LogP contribution >= 0.6 is 0 Å². The first kappa shape index (κ1) is 14.0. The summed E-state index contributed by atoms with van der Waals surface area (Å²) in [5, 5.41) is 18.5. The molecule has 0 aliphatic carbocycles. The van der Waals surface area contributed by atoms with Crippen LogP contribution in [-0.2, 0) is 6.54 Å². The Morgan fingerprint density at radius 3 is 3.00 bits per heavy atom. The molecule has 106 valence electrons. The second kappa shape index (κ2) is 6.14. The number of piperidine rings is 1. The van der Waals surface area contributed by atoms with Crippen molar-refractivity contribution in [3.05, 3.63) is 45.9 Å². The molecule has 0 bridgehead atoms. The minimum absolute atomic E-state index is 0.314. The van der Waals surface area contributed by atoms with Crippen molar-refractivity contribution in [2.24, 2.45) is 0 Å². The fourth-order valence-electron chi connectivity index (χ4n) is 2.16. The number of hydrogen-bond donors (Lipinski definition) is 1. The van der Waals surface area contributed by atoms with Gasteiger partial charge in [0.15, 0.2) is 0 Å². The third-order valence-corrected chi connectivity index (χ3v) is 3.11. The van der Waals surface area contributed by atoms with E-state index in [2.05, 4.69) is 4.98 Å². The van der Waals surface area contributed by atoms with E-state index in [0.29, 0.717) is 36.8 Å². The predicted octanol–water partition coefficient (Wildman–Crippen LogP) is 1.82. The third-order valence-electron chi connectivity index (χ3n) is 3.11. The molecule has 0 radical (unpaired) electrons. The number of nitrogens with zero attached hydrogens (tertiary/aromatic N) is 3. The lowest BCUT2D eigenvalue weighted by molar-refractivity contribution is -0.404. The molecule has 0 amide bonds. The molecule has 1 aromatic rings. The molecule has 1 fully saturated rings. The number of aromatic nitrogens is 1. The molecule has 7 nitrogen and oxygen atoms in total. The Kier molecular flexibility index (Phi) is 4.29. The zero-order chi connectivity index (χ0) is 14.5. The van der Waals surface area contributed by atoms with E-state index < -0.39 is 4.92 Å². The highest BCUT2D eigenvalue weighted by Crippen LogP contribution is 2.20. The molecule has 0 atom stereocenters. The minimum Gasteiger partial charge on any atom is -0.481 e. The molecule has 20 heavy (non-hydrogen) atoms. The smallest absolute Gasteiger partial charge is 0.259 e. The maximum atomic E-state index is 10.7. The highest BCUT2D eigenvalue weighted by Gasteiger charge is 2.23. The summed E-state index contributed by atoms with van der Waals surface area (Å²) in [6.45, 7) is 1.20. The molecule has 0 saturated carbocycles. The first-order valence-corrected chi connectivity index (χ1v) is 6.27. The number of hydrogen-bond acceptors (Lipinski definition) is 6. The maximum absolute atomic E-state index is 10.7. The van der Waals surface area contributed by atoms with Crippen LogP contribution in [0.1, 0.15) is 18.4 Å². The first-order chi connectivity index (χ1) is 9.60. The zero-order valence-electron chi connectivity index (χ0n) is 11.2. The number of likely N-dealkylation sites (tertiary alicyclic amines) is 1. The van der Waals surface area contributed by atoms with Gasteiger partial charge in [-0.25, -0.2) is 4.98 Å². The number of methoxy groups -OCH3 is 1. The first-order valence-electron chi connectivity index (χ1n) is 6.27. The topological polar surface area (TPSA) is 92.3 Å². The molecule has 0 unspecified atom stereocenters. The molecule has 2 heterocycles. The Bertz CT molecular complexity index is 539. The Labute approximate surface area is 116 Å². The van der Waals surface area contributed by atoms with Crippen LogP contribution in [0.25, 0.3) is 0 Å². The Morgan fingerprint density at radius 2 is 2.40 bits per heavy atom. The van der Waals surface area contributed by atoms with Crippen molar-refractivity contribution in [2.45, 2.75) is 19.4 Å². The van der Waals surface area contributed by atoms with E-state index in [1.54, 1.807) is 19.4 Å². The van der Waals surface area contributed by atoms with E-state index in [0.717, 1.165) is 18.2 Å². The molecule has 1 aliphatic rings. The van der Waals surface area contributed by atoms with Crippen LogP contribution < -0.4 is 4.74 Å². The van der Waals surface area contributed by atoms with Crippen LogP contribution in [0.3, 0.4) is 0 Å². The van der Waals surface area contributed by atoms with Crippen molar-refractivity contribution in [3.63, 3.8) is 0 Å². The minimum atomic E-state index is -0.505. The van der Waals surface area contributed by atoms with E-state index in [1.165, 1.54) is 0 Å². The summed E-state index contributed by atoms with van der Waals surface area (Å²) in [5.74, 6) is 0.529. The van der Waals surface area contributed by atoms with Gasteiger partial charge in [-0.1, -0.05) is 6.07 Å². The molecule has 1 saturated heterocycles. The van der Waals surface area contributed by atoms with Gasteiger partial charge < -0.3 is 15.0 Å². The Hall–Kier alpha value is -2.44. The van der Waals surface area contributed by atoms with E-state index in [-0.39, 0.29) is 0 Å². The third kappa shape index (κ3) is 3.31. The fourth-order valence-corrected chi connectivity index (χ4v) is 2.16. The Morgan fingerprint density at radius 1 is 1.60 bits per heavy atom. The number of pyridine rings is 1. The van der Waals surface area contributed by atoms with Crippen LogP contribution in [-0.4, -0.2) is 34.2 Å². The number of nitro groups is 1. The molecule has 0 spiro atoms. The lowest BCUT2D eigenvalue weighted by Gasteiger charge is -2.30. The lowest BCUT2D eigenvalue weighted by Crippen LogP contribution is -2.33. The molecule has 7 heteroatoms. The Balaban J connectivity index is 2.16. The SMILES string of the molecule is COc1ccc(CN2CCCC(=N)C2=C[N+](=O)[O-])cn1. The van der Waals surface area contributed by atoms with Crippen molar-refractivity contribution in [1.29, 1.82) is 5.41 Å². The van der Waals surface area contributed by atoms with Crippen LogP contribution in [0.2, 0.25) is 0 Å². The van der Waals surface area contributed by atoms with Gasteiger partial charge in [0.2, 0.25) is 5.88 Å². The van der Waals surface area contributed by atoms with Crippen LogP contribution in [0.4, 0.5) is 0 Å². The average Bonchev–Trinajstić information content (AvgIpc) is 2.43. The van der Waals surface area contributed by atoms with Crippen LogP contribution in [0, 0.1) is 15.5 Å². The van der Waals surface area contributed by atoms with Crippen molar-refractivity contribution < 1.29 is 9.66 Å². The molecular weight excluding hydrogens is 260 g/mol. The summed E-state index contributed by atoms with van der Waals surface area (Å²) in [6.07, 6.45) is 4.01. The molecule has 1 N–H and O–H groups in total.